The number of nitrogens with one attached hydrogen (secondary N) is 1. The maximum atomic E-state index is 4.81. The van der Waals surface area contributed by atoms with Crippen molar-refractivity contribution in [2.75, 3.05) is 11.9 Å². The van der Waals surface area contributed by atoms with Crippen molar-refractivity contribution in [2.45, 2.75) is 46.3 Å². The molecule has 2 rings (SSSR count). The molecule has 2 heterocycles. The molecule has 3 nitrogen and oxygen atoms in total. The molecule has 2 aromatic heterocycles. The van der Waals surface area contributed by atoms with Gasteiger partial charge < -0.3 is 10.2 Å². The van der Waals surface area contributed by atoms with Crippen molar-refractivity contribution in [3.8, 4) is 0 Å². The summed E-state index contributed by atoms with van der Waals surface area (Å²) in [7, 11) is 2.11. The first-order valence-electron chi connectivity index (χ1n) is 7.15. The van der Waals surface area contributed by atoms with Gasteiger partial charge in [0.05, 0.1) is 9.48 Å². The minimum absolute atomic E-state index is 0.501. The molecule has 2 aromatic rings. The van der Waals surface area contributed by atoms with E-state index in [-0.39, 0.29) is 0 Å². The van der Waals surface area contributed by atoms with Gasteiger partial charge in [-0.25, -0.2) is 4.98 Å². The van der Waals surface area contributed by atoms with Gasteiger partial charge in [-0.2, -0.15) is 0 Å². The number of hydrogen-bond donors (Lipinski definition) is 1. The lowest BCUT2D eigenvalue weighted by Crippen LogP contribution is -2.21. The zero-order chi connectivity index (χ0) is 15.4. The fourth-order valence-electron chi connectivity index (χ4n) is 2.01. The van der Waals surface area contributed by atoms with Gasteiger partial charge >= 0.3 is 0 Å². The Bertz CT molecular complexity index is 577. The SMILES string of the molecule is CCc1nc(N(C)Cc2csc(Br)c2)sc1CNC(C)C. The minimum atomic E-state index is 0.501. The molecule has 21 heavy (non-hydrogen) atoms. The van der Waals surface area contributed by atoms with Crippen LogP contribution < -0.4 is 10.2 Å². The summed E-state index contributed by atoms with van der Waals surface area (Å²) in [5, 5.41) is 6.79. The van der Waals surface area contributed by atoms with E-state index in [0.29, 0.717) is 6.04 Å². The summed E-state index contributed by atoms with van der Waals surface area (Å²) in [6.45, 7) is 8.34. The second-order valence-electron chi connectivity index (χ2n) is 5.37. The van der Waals surface area contributed by atoms with E-state index < -0.39 is 0 Å². The molecule has 0 spiro atoms. The number of aryl methyl sites for hydroxylation is 1. The summed E-state index contributed by atoms with van der Waals surface area (Å²) >= 11 is 7.05. The topological polar surface area (TPSA) is 28.2 Å². The molecule has 0 aromatic carbocycles. The molecule has 0 saturated heterocycles. The Hall–Kier alpha value is -0.430. The van der Waals surface area contributed by atoms with Gasteiger partial charge in [-0.15, -0.1) is 22.7 Å². The molecule has 1 N–H and O–H groups in total. The van der Waals surface area contributed by atoms with Gasteiger partial charge in [0, 0.05) is 31.1 Å². The highest BCUT2D eigenvalue weighted by Gasteiger charge is 2.13. The summed E-state index contributed by atoms with van der Waals surface area (Å²) in [5.74, 6) is 0. The van der Waals surface area contributed by atoms with E-state index >= 15 is 0 Å². The number of hydrogen-bond acceptors (Lipinski definition) is 5. The normalized spacial score (nSPS) is 11.3. The van der Waals surface area contributed by atoms with Crippen LogP contribution in [0.15, 0.2) is 15.2 Å². The molecule has 0 unspecified atom stereocenters. The van der Waals surface area contributed by atoms with Gasteiger partial charge in [-0.05, 0) is 39.4 Å². The highest BCUT2D eigenvalue weighted by Crippen LogP contribution is 2.28. The number of anilines is 1. The van der Waals surface area contributed by atoms with Crippen LogP contribution in [0.1, 0.15) is 36.9 Å². The van der Waals surface area contributed by atoms with E-state index in [2.05, 4.69) is 65.4 Å². The van der Waals surface area contributed by atoms with Crippen LogP contribution in [-0.2, 0) is 19.5 Å². The molecule has 116 valence electrons. The number of rotatable bonds is 7. The zero-order valence-corrected chi connectivity index (χ0v) is 16.2. The Morgan fingerprint density at radius 2 is 2.19 bits per heavy atom. The number of thiophene rings is 1. The van der Waals surface area contributed by atoms with E-state index in [1.54, 1.807) is 22.7 Å². The lowest BCUT2D eigenvalue weighted by molar-refractivity contribution is 0.590. The maximum Gasteiger partial charge on any atom is 0.185 e. The molecule has 0 aliphatic heterocycles. The second-order valence-corrected chi connectivity index (χ2v) is 8.72. The molecular weight excluding hydrogens is 366 g/mol. The largest absolute Gasteiger partial charge is 0.347 e. The Balaban J connectivity index is 2.08. The van der Waals surface area contributed by atoms with Crippen molar-refractivity contribution in [1.29, 1.82) is 0 Å². The minimum Gasteiger partial charge on any atom is -0.347 e. The van der Waals surface area contributed by atoms with Gasteiger partial charge in [0.15, 0.2) is 5.13 Å². The molecule has 0 atom stereocenters. The van der Waals surface area contributed by atoms with Crippen molar-refractivity contribution in [3.05, 3.63) is 31.4 Å². The summed E-state index contributed by atoms with van der Waals surface area (Å²) < 4.78 is 1.18. The van der Waals surface area contributed by atoms with E-state index in [9.17, 15) is 0 Å². The average Bonchev–Trinajstić information content (AvgIpc) is 3.02. The third-order valence-corrected chi connectivity index (χ3v) is 5.91. The first-order chi connectivity index (χ1) is 9.99. The van der Waals surface area contributed by atoms with Crippen molar-refractivity contribution >= 4 is 43.7 Å². The van der Waals surface area contributed by atoms with E-state index in [1.807, 2.05) is 0 Å². The first-order valence-corrected chi connectivity index (χ1v) is 9.64. The van der Waals surface area contributed by atoms with Crippen molar-refractivity contribution < 1.29 is 0 Å². The van der Waals surface area contributed by atoms with Crippen LogP contribution in [0.5, 0.6) is 0 Å². The van der Waals surface area contributed by atoms with Gasteiger partial charge in [-0.1, -0.05) is 20.8 Å². The van der Waals surface area contributed by atoms with Crippen LogP contribution in [-0.4, -0.2) is 18.1 Å². The highest BCUT2D eigenvalue weighted by molar-refractivity contribution is 9.11. The zero-order valence-electron chi connectivity index (χ0n) is 12.9. The number of thiazole rings is 1. The molecule has 0 amide bonds. The van der Waals surface area contributed by atoms with Gasteiger partial charge in [0.1, 0.15) is 0 Å². The fourth-order valence-corrected chi connectivity index (χ4v) is 4.27. The predicted octanol–water partition coefficient (Wildman–Crippen LogP) is 4.66. The quantitative estimate of drug-likeness (QED) is 0.748. The average molecular weight is 388 g/mol. The van der Waals surface area contributed by atoms with Gasteiger partial charge in [0.25, 0.3) is 0 Å². The van der Waals surface area contributed by atoms with E-state index in [4.69, 9.17) is 4.98 Å². The summed E-state index contributed by atoms with van der Waals surface area (Å²) in [6.07, 6.45) is 0.990. The third-order valence-electron chi connectivity index (χ3n) is 3.14. The smallest absolute Gasteiger partial charge is 0.185 e. The molecule has 0 aliphatic rings. The second kappa shape index (κ2) is 7.72. The Morgan fingerprint density at radius 3 is 2.76 bits per heavy atom. The van der Waals surface area contributed by atoms with E-state index in [0.717, 1.165) is 24.6 Å². The van der Waals surface area contributed by atoms with Gasteiger partial charge in [-0.3, -0.25) is 0 Å². The lowest BCUT2D eigenvalue weighted by Gasteiger charge is -2.14. The maximum absolute atomic E-state index is 4.81. The molecule has 0 aliphatic carbocycles. The van der Waals surface area contributed by atoms with Crippen molar-refractivity contribution in [2.24, 2.45) is 0 Å². The molecule has 0 fully saturated rings. The standard InChI is InChI=1S/C15H22BrN3S2/c1-5-12-13(7-17-10(2)3)21-15(18-12)19(4)8-11-6-14(16)20-9-11/h6,9-10,17H,5,7-8H2,1-4H3. The number of nitrogens with zero attached hydrogens (tertiary/aromatic N) is 2. The molecule has 0 saturated carbocycles. The lowest BCUT2D eigenvalue weighted by atomic mass is 10.3. The Kier molecular flexibility index (Phi) is 6.22. The first kappa shape index (κ1) is 16.9. The highest BCUT2D eigenvalue weighted by atomic mass is 79.9. The third kappa shape index (κ3) is 4.77. The Morgan fingerprint density at radius 1 is 1.43 bits per heavy atom. The summed E-state index contributed by atoms with van der Waals surface area (Å²) in [5.41, 5.74) is 2.55. The van der Waals surface area contributed by atoms with Crippen LogP contribution in [0.4, 0.5) is 5.13 Å². The van der Waals surface area contributed by atoms with Crippen molar-refractivity contribution in [3.63, 3.8) is 0 Å². The van der Waals surface area contributed by atoms with Crippen LogP contribution in [0.25, 0.3) is 0 Å². The molecular formula is C15H22BrN3S2. The predicted molar refractivity (Wildman–Crippen MR) is 97.6 cm³/mol. The number of aromatic nitrogens is 1. The van der Waals surface area contributed by atoms with Crippen LogP contribution in [0.3, 0.4) is 0 Å². The van der Waals surface area contributed by atoms with Crippen LogP contribution in [0.2, 0.25) is 0 Å². The van der Waals surface area contributed by atoms with Crippen molar-refractivity contribution in [1.82, 2.24) is 10.3 Å². The molecule has 0 radical (unpaired) electrons. The molecule has 0 bridgehead atoms. The molecule has 6 heteroatoms. The van der Waals surface area contributed by atoms with Crippen LogP contribution >= 0.6 is 38.6 Å². The van der Waals surface area contributed by atoms with Gasteiger partial charge in [0.2, 0.25) is 0 Å². The summed E-state index contributed by atoms with van der Waals surface area (Å²) in [4.78, 5) is 8.40. The Labute approximate surface area is 143 Å². The van der Waals surface area contributed by atoms with Crippen LogP contribution in [0, 0.1) is 0 Å². The number of halogens is 1. The fraction of sp³-hybridized carbons (Fsp3) is 0.533. The van der Waals surface area contributed by atoms with E-state index in [1.165, 1.54) is 19.9 Å². The monoisotopic (exact) mass is 387 g/mol. The summed E-state index contributed by atoms with van der Waals surface area (Å²) in [6, 6.07) is 2.68.